The minimum Gasteiger partial charge on any atom is -0.390 e. The minimum atomic E-state index is -0.359. The zero-order chi connectivity index (χ0) is 10.7. The van der Waals surface area contributed by atoms with Gasteiger partial charge in [0.15, 0.2) is 0 Å². The molecule has 0 aromatic carbocycles. The average molecular weight is 215 g/mol. The molecule has 0 spiro atoms. The fraction of sp³-hybridized carbons (Fsp3) is 1.00. The number of nitrogens with zero attached hydrogens (tertiary/aromatic N) is 1. The number of hydrogen-bond acceptors (Lipinski definition) is 4. The van der Waals surface area contributed by atoms with Crippen LogP contribution in [0, 0.1) is 5.92 Å². The van der Waals surface area contributed by atoms with E-state index in [4.69, 9.17) is 9.47 Å². The van der Waals surface area contributed by atoms with Crippen LogP contribution >= 0.6 is 0 Å². The summed E-state index contributed by atoms with van der Waals surface area (Å²) < 4.78 is 10.9. The quantitative estimate of drug-likeness (QED) is 0.725. The first-order valence-corrected chi connectivity index (χ1v) is 5.91. The van der Waals surface area contributed by atoms with Gasteiger partial charge in [-0.15, -0.1) is 0 Å². The zero-order valence-electron chi connectivity index (χ0n) is 9.39. The molecule has 4 heteroatoms. The van der Waals surface area contributed by atoms with E-state index in [-0.39, 0.29) is 18.1 Å². The summed E-state index contributed by atoms with van der Waals surface area (Å²) in [5.41, 5.74) is 0. The lowest BCUT2D eigenvalue weighted by Crippen LogP contribution is -2.49. The number of morpholine rings is 1. The van der Waals surface area contributed by atoms with Crippen molar-refractivity contribution in [2.45, 2.75) is 25.6 Å². The van der Waals surface area contributed by atoms with E-state index in [2.05, 4.69) is 11.8 Å². The van der Waals surface area contributed by atoms with Crippen LogP contribution in [-0.2, 0) is 9.47 Å². The summed E-state index contributed by atoms with van der Waals surface area (Å²) in [6.07, 6.45) is 0.583. The van der Waals surface area contributed by atoms with Gasteiger partial charge in [0.25, 0.3) is 0 Å². The maximum atomic E-state index is 10.2. The summed E-state index contributed by atoms with van der Waals surface area (Å²) in [6.45, 7) is 7.23. The topological polar surface area (TPSA) is 41.9 Å². The zero-order valence-corrected chi connectivity index (χ0v) is 9.39. The highest BCUT2D eigenvalue weighted by Crippen LogP contribution is 2.22. The van der Waals surface area contributed by atoms with Gasteiger partial charge in [-0.3, -0.25) is 4.90 Å². The van der Waals surface area contributed by atoms with Crippen molar-refractivity contribution in [1.82, 2.24) is 4.90 Å². The Balaban J connectivity index is 1.85. The molecule has 0 saturated carbocycles. The molecule has 2 rings (SSSR count). The Morgan fingerprint density at radius 3 is 3.00 bits per heavy atom. The van der Waals surface area contributed by atoms with Gasteiger partial charge in [0.05, 0.1) is 25.4 Å². The molecule has 4 nitrogen and oxygen atoms in total. The van der Waals surface area contributed by atoms with Gasteiger partial charge in [0.1, 0.15) is 0 Å². The number of aliphatic hydroxyl groups excluding tert-OH is 1. The smallest absolute Gasteiger partial charge is 0.0964 e. The first kappa shape index (κ1) is 11.3. The Hall–Kier alpha value is -0.160. The second kappa shape index (κ2) is 5.25. The molecular weight excluding hydrogens is 194 g/mol. The summed E-state index contributed by atoms with van der Waals surface area (Å²) in [5.74, 6) is 0.270. The first-order valence-electron chi connectivity index (χ1n) is 5.91. The van der Waals surface area contributed by atoms with E-state index in [1.54, 1.807) is 0 Å². The van der Waals surface area contributed by atoms with Crippen LogP contribution in [0.4, 0.5) is 0 Å². The minimum absolute atomic E-state index is 0.0228. The van der Waals surface area contributed by atoms with Gasteiger partial charge in [-0.2, -0.15) is 0 Å². The fourth-order valence-electron chi connectivity index (χ4n) is 2.35. The SMILES string of the molecule is CCN1CCOC(C(O)C2CCOC2)C1. The third-order valence-electron chi connectivity index (χ3n) is 3.45. The molecule has 0 radical (unpaired) electrons. The molecule has 1 N–H and O–H groups in total. The van der Waals surface area contributed by atoms with Crippen molar-refractivity contribution in [3.05, 3.63) is 0 Å². The second-order valence-corrected chi connectivity index (χ2v) is 4.42. The largest absolute Gasteiger partial charge is 0.390 e. The molecule has 2 fully saturated rings. The Kier molecular flexibility index (Phi) is 3.97. The van der Waals surface area contributed by atoms with Gasteiger partial charge < -0.3 is 14.6 Å². The van der Waals surface area contributed by atoms with E-state index in [9.17, 15) is 5.11 Å². The highest BCUT2D eigenvalue weighted by atomic mass is 16.5. The van der Waals surface area contributed by atoms with Crippen LogP contribution in [0.3, 0.4) is 0 Å². The lowest BCUT2D eigenvalue weighted by atomic mass is 9.96. The molecule has 15 heavy (non-hydrogen) atoms. The van der Waals surface area contributed by atoms with Gasteiger partial charge in [0, 0.05) is 25.6 Å². The lowest BCUT2D eigenvalue weighted by Gasteiger charge is -2.36. The summed E-state index contributed by atoms with van der Waals surface area (Å²) in [4.78, 5) is 2.33. The van der Waals surface area contributed by atoms with Gasteiger partial charge >= 0.3 is 0 Å². The molecule has 2 aliphatic rings. The predicted octanol–water partition coefficient (Wildman–Crippen LogP) is 0.104. The number of hydrogen-bond donors (Lipinski definition) is 1. The molecule has 2 heterocycles. The maximum Gasteiger partial charge on any atom is 0.0964 e. The predicted molar refractivity (Wildman–Crippen MR) is 56.8 cm³/mol. The second-order valence-electron chi connectivity index (χ2n) is 4.42. The Bertz CT molecular complexity index is 194. The summed E-state index contributed by atoms with van der Waals surface area (Å²) in [6, 6.07) is 0. The van der Waals surface area contributed by atoms with Crippen molar-refractivity contribution in [3.8, 4) is 0 Å². The van der Waals surface area contributed by atoms with E-state index >= 15 is 0 Å². The monoisotopic (exact) mass is 215 g/mol. The third-order valence-corrected chi connectivity index (χ3v) is 3.45. The Morgan fingerprint density at radius 1 is 1.47 bits per heavy atom. The van der Waals surface area contributed by atoms with Crippen LogP contribution in [0.15, 0.2) is 0 Å². The van der Waals surface area contributed by atoms with E-state index in [0.29, 0.717) is 6.61 Å². The van der Waals surface area contributed by atoms with Gasteiger partial charge in [-0.05, 0) is 13.0 Å². The number of aliphatic hydroxyl groups is 1. The van der Waals surface area contributed by atoms with E-state index in [1.165, 1.54) is 0 Å². The molecule has 3 atom stereocenters. The van der Waals surface area contributed by atoms with Gasteiger partial charge in [-0.1, -0.05) is 6.92 Å². The molecular formula is C11H21NO3. The van der Waals surface area contributed by atoms with Crippen LogP contribution in [0.1, 0.15) is 13.3 Å². The van der Waals surface area contributed by atoms with Crippen LogP contribution in [0.2, 0.25) is 0 Å². The first-order chi connectivity index (χ1) is 7.31. The molecule has 2 aliphatic heterocycles. The van der Waals surface area contributed by atoms with E-state index < -0.39 is 0 Å². The Labute approximate surface area is 91.2 Å². The van der Waals surface area contributed by atoms with Crippen LogP contribution in [0.25, 0.3) is 0 Å². The highest BCUT2D eigenvalue weighted by molar-refractivity contribution is 4.83. The van der Waals surface area contributed by atoms with Crippen LogP contribution in [-0.4, -0.2) is 61.7 Å². The van der Waals surface area contributed by atoms with E-state index in [0.717, 1.165) is 39.3 Å². The van der Waals surface area contributed by atoms with Crippen molar-refractivity contribution in [2.24, 2.45) is 5.92 Å². The van der Waals surface area contributed by atoms with Crippen LogP contribution in [0.5, 0.6) is 0 Å². The third kappa shape index (κ3) is 2.69. The number of ether oxygens (including phenoxy) is 2. The van der Waals surface area contributed by atoms with Crippen molar-refractivity contribution in [1.29, 1.82) is 0 Å². The number of rotatable bonds is 3. The van der Waals surface area contributed by atoms with Crippen molar-refractivity contribution >= 4 is 0 Å². The van der Waals surface area contributed by atoms with E-state index in [1.807, 2.05) is 0 Å². The summed E-state index contributed by atoms with van der Waals surface area (Å²) in [5, 5.41) is 10.2. The normalized spacial score (nSPS) is 35.6. The number of likely N-dealkylation sites (N-methyl/N-ethyl adjacent to an activating group) is 1. The molecule has 0 aromatic rings. The van der Waals surface area contributed by atoms with Gasteiger partial charge in [0.2, 0.25) is 0 Å². The maximum absolute atomic E-state index is 10.2. The molecule has 3 unspecified atom stereocenters. The lowest BCUT2D eigenvalue weighted by molar-refractivity contribution is -0.105. The molecule has 0 aliphatic carbocycles. The van der Waals surface area contributed by atoms with Gasteiger partial charge in [-0.25, -0.2) is 0 Å². The molecule has 0 amide bonds. The average Bonchev–Trinajstić information content (AvgIpc) is 2.81. The molecule has 0 bridgehead atoms. The van der Waals surface area contributed by atoms with Crippen molar-refractivity contribution in [2.75, 3.05) is 39.5 Å². The summed E-state index contributed by atoms with van der Waals surface area (Å²) in [7, 11) is 0. The van der Waals surface area contributed by atoms with Crippen LogP contribution < -0.4 is 0 Å². The molecule has 88 valence electrons. The molecule has 2 saturated heterocycles. The standard InChI is InChI=1S/C11H21NO3/c1-2-12-4-6-15-10(7-12)11(13)9-3-5-14-8-9/h9-11,13H,2-8H2,1H3. The van der Waals surface area contributed by atoms with Crippen molar-refractivity contribution < 1.29 is 14.6 Å². The fourth-order valence-corrected chi connectivity index (χ4v) is 2.35. The van der Waals surface area contributed by atoms with Crippen molar-refractivity contribution in [3.63, 3.8) is 0 Å². The molecule has 0 aromatic heterocycles. The Morgan fingerprint density at radius 2 is 2.33 bits per heavy atom. The highest BCUT2D eigenvalue weighted by Gasteiger charge is 2.33. The summed E-state index contributed by atoms with van der Waals surface area (Å²) >= 11 is 0.